The van der Waals surface area contributed by atoms with Crippen molar-refractivity contribution in [2.45, 2.75) is 82.4 Å². The number of quaternary nitrogens is 1. The summed E-state index contributed by atoms with van der Waals surface area (Å²) in [6, 6.07) is 0.804. The summed E-state index contributed by atoms with van der Waals surface area (Å²) in [5, 5.41) is 12.6. The number of hydrogen-bond acceptors (Lipinski definition) is 3. The van der Waals surface area contributed by atoms with Crippen molar-refractivity contribution >= 4 is 18.2 Å². The average molecular weight is 310 g/mol. The molecule has 21 heavy (non-hydrogen) atoms. The predicted octanol–water partition coefficient (Wildman–Crippen LogP) is 3.57. The summed E-state index contributed by atoms with van der Waals surface area (Å²) in [7, 11) is 0. The third kappa shape index (κ3) is 2.82. The van der Waals surface area contributed by atoms with Gasteiger partial charge in [-0.05, 0) is 25.7 Å². The van der Waals surface area contributed by atoms with Crippen LogP contribution in [0.3, 0.4) is 0 Å². The van der Waals surface area contributed by atoms with Crippen molar-refractivity contribution in [3.05, 3.63) is 11.1 Å². The van der Waals surface area contributed by atoms with Crippen LogP contribution in [0.25, 0.3) is 0 Å². The fourth-order valence-corrected chi connectivity index (χ4v) is 5.67. The molecule has 0 aromatic carbocycles. The normalized spacial score (nSPS) is 29.4. The van der Waals surface area contributed by atoms with E-state index in [2.05, 4.69) is 5.41 Å². The molecule has 0 aromatic rings. The van der Waals surface area contributed by atoms with E-state index in [9.17, 15) is 9.90 Å². The minimum Gasteiger partial charge on any atom is -0.382 e. The first-order valence-corrected chi connectivity index (χ1v) is 9.68. The summed E-state index contributed by atoms with van der Waals surface area (Å²) >= 11 is 1.67. The molecule has 1 unspecified atom stereocenters. The van der Waals surface area contributed by atoms with Crippen LogP contribution in [0.5, 0.6) is 0 Å². The van der Waals surface area contributed by atoms with E-state index >= 15 is 0 Å². The van der Waals surface area contributed by atoms with E-state index in [0.717, 1.165) is 37.1 Å². The van der Waals surface area contributed by atoms with Crippen LogP contribution >= 0.6 is 11.8 Å². The molecular weight excluding hydrogens is 282 g/mol. The van der Waals surface area contributed by atoms with Gasteiger partial charge in [-0.15, -0.1) is 11.8 Å². The molecule has 3 rings (SSSR count). The van der Waals surface area contributed by atoms with Crippen molar-refractivity contribution in [1.29, 1.82) is 0 Å². The predicted molar refractivity (Wildman–Crippen MR) is 86.6 cm³/mol. The molecule has 3 aliphatic rings. The van der Waals surface area contributed by atoms with E-state index in [4.69, 9.17) is 0 Å². The molecule has 2 fully saturated rings. The minimum absolute atomic E-state index is 0.402. The van der Waals surface area contributed by atoms with Crippen LogP contribution in [0.2, 0.25) is 0 Å². The smallest absolute Gasteiger partial charge is 0.306 e. The highest BCUT2D eigenvalue weighted by molar-refractivity contribution is 8.02. The van der Waals surface area contributed by atoms with Crippen molar-refractivity contribution in [3.8, 4) is 0 Å². The second-order valence-electron chi connectivity index (χ2n) is 6.92. The number of thioether (sulfide) groups is 1. The fraction of sp³-hybridized carbons (Fsp3) is 0.824. The molecule has 0 bridgehead atoms. The van der Waals surface area contributed by atoms with Gasteiger partial charge in [-0.25, -0.2) is 9.28 Å². The van der Waals surface area contributed by atoms with Gasteiger partial charge in [0.1, 0.15) is 18.2 Å². The maximum Gasteiger partial charge on any atom is 0.306 e. The van der Waals surface area contributed by atoms with Crippen LogP contribution in [0.15, 0.2) is 11.1 Å². The molecule has 1 aliphatic heterocycles. The molecule has 0 aromatic heterocycles. The highest BCUT2D eigenvalue weighted by Crippen LogP contribution is 2.43. The Morgan fingerprint density at radius 2 is 1.52 bits per heavy atom. The van der Waals surface area contributed by atoms with Gasteiger partial charge in [0.25, 0.3) is 0 Å². The quantitative estimate of drug-likeness (QED) is 0.637. The Hall–Kier alpha value is -0.320. The molecule has 4 heteroatoms. The first kappa shape index (κ1) is 15.6. The molecule has 1 atom stereocenters. The highest BCUT2D eigenvalue weighted by atomic mass is 32.2. The molecule has 1 amide bonds. The Bertz CT molecular complexity index is 380. The van der Waals surface area contributed by atoms with Crippen molar-refractivity contribution in [2.24, 2.45) is 0 Å². The van der Waals surface area contributed by atoms with Gasteiger partial charge in [-0.1, -0.05) is 12.8 Å². The standard InChI is InChI=1S/C17H28NO2S/c19-13-18(14-7-3-1-4-8-14,15-9-5-2-6-10-15)16-11-21-12-17(16)20/h11,13-15,17,20H,1-10,12H2/q+1. The summed E-state index contributed by atoms with van der Waals surface area (Å²) in [5.74, 6) is 0.725. The number of rotatable bonds is 4. The lowest BCUT2D eigenvalue weighted by Gasteiger charge is -2.48. The number of hydrogen-bond donors (Lipinski definition) is 1. The average Bonchev–Trinajstić information content (AvgIpc) is 2.98. The Balaban J connectivity index is 1.96. The zero-order chi connectivity index (χ0) is 14.7. The van der Waals surface area contributed by atoms with Gasteiger partial charge in [-0.3, -0.25) is 0 Å². The second kappa shape index (κ2) is 6.84. The zero-order valence-electron chi connectivity index (χ0n) is 12.9. The van der Waals surface area contributed by atoms with Gasteiger partial charge >= 0.3 is 6.41 Å². The number of aliphatic hydroxyl groups excluding tert-OH is 1. The lowest BCUT2D eigenvalue weighted by Crippen LogP contribution is -2.62. The molecule has 3 nitrogen and oxygen atoms in total. The van der Waals surface area contributed by atoms with Crippen LogP contribution in [0.1, 0.15) is 64.2 Å². The van der Waals surface area contributed by atoms with Gasteiger partial charge in [-0.2, -0.15) is 0 Å². The molecule has 118 valence electrons. The van der Waals surface area contributed by atoms with E-state index < -0.39 is 6.10 Å². The van der Waals surface area contributed by atoms with Gasteiger partial charge in [0.2, 0.25) is 0 Å². The second-order valence-corrected chi connectivity index (χ2v) is 7.82. The van der Waals surface area contributed by atoms with Crippen LogP contribution in [0, 0.1) is 0 Å². The Kier molecular flexibility index (Phi) is 5.07. The lowest BCUT2D eigenvalue weighted by atomic mass is 9.85. The van der Waals surface area contributed by atoms with Gasteiger partial charge in [0.15, 0.2) is 5.70 Å². The van der Waals surface area contributed by atoms with Crippen LogP contribution < -0.4 is 0 Å². The minimum atomic E-state index is -0.427. The van der Waals surface area contributed by atoms with Crippen molar-refractivity contribution in [1.82, 2.24) is 0 Å². The van der Waals surface area contributed by atoms with Crippen LogP contribution in [-0.2, 0) is 4.79 Å². The van der Waals surface area contributed by atoms with E-state index in [1.807, 2.05) is 0 Å². The molecular formula is C17H28NO2S+. The van der Waals surface area contributed by atoms with E-state index in [1.165, 1.54) is 44.9 Å². The number of carbonyl (C=O) groups is 1. The molecule has 0 saturated heterocycles. The molecule has 2 saturated carbocycles. The highest BCUT2D eigenvalue weighted by Gasteiger charge is 2.51. The third-order valence-electron chi connectivity index (χ3n) is 5.78. The maximum atomic E-state index is 12.4. The first-order chi connectivity index (χ1) is 10.3. The maximum absolute atomic E-state index is 12.4. The number of amides is 1. The molecule has 1 heterocycles. The van der Waals surface area contributed by atoms with Crippen molar-refractivity contribution < 1.29 is 14.4 Å². The zero-order valence-corrected chi connectivity index (χ0v) is 13.7. The summed E-state index contributed by atoms with van der Waals surface area (Å²) in [4.78, 5) is 12.4. The number of nitrogens with zero attached hydrogens (tertiary/aromatic N) is 1. The summed E-state index contributed by atoms with van der Waals surface area (Å²) in [5.41, 5.74) is 1.01. The monoisotopic (exact) mass is 310 g/mol. The molecule has 2 aliphatic carbocycles. The SMILES string of the molecule is O=C[N+](C1=CSCC1O)(C1CCCCC1)C1CCCCC1. The number of aliphatic hydroxyl groups is 1. The Morgan fingerprint density at radius 1 is 1.00 bits per heavy atom. The fourth-order valence-electron chi connectivity index (χ4n) is 4.71. The van der Waals surface area contributed by atoms with Crippen LogP contribution in [-0.4, -0.2) is 39.9 Å². The molecule has 0 spiro atoms. The van der Waals surface area contributed by atoms with Gasteiger partial charge < -0.3 is 5.11 Å². The van der Waals surface area contributed by atoms with Crippen molar-refractivity contribution in [2.75, 3.05) is 5.75 Å². The Morgan fingerprint density at radius 3 is 1.90 bits per heavy atom. The lowest BCUT2D eigenvalue weighted by molar-refractivity contribution is -0.866. The van der Waals surface area contributed by atoms with E-state index in [1.54, 1.807) is 11.8 Å². The first-order valence-electron chi connectivity index (χ1n) is 8.64. The van der Waals surface area contributed by atoms with E-state index in [-0.39, 0.29) is 0 Å². The molecule has 0 radical (unpaired) electrons. The topological polar surface area (TPSA) is 37.3 Å². The summed E-state index contributed by atoms with van der Waals surface area (Å²) in [6.07, 6.45) is 12.9. The molecule has 1 N–H and O–H groups in total. The van der Waals surface area contributed by atoms with Crippen LogP contribution in [0.4, 0.5) is 0 Å². The van der Waals surface area contributed by atoms with Gasteiger partial charge in [0.05, 0.1) is 0 Å². The van der Waals surface area contributed by atoms with E-state index in [0.29, 0.717) is 16.6 Å². The third-order valence-corrected chi connectivity index (χ3v) is 6.70. The Labute approximate surface area is 132 Å². The summed E-state index contributed by atoms with van der Waals surface area (Å²) in [6.45, 7) is 0. The van der Waals surface area contributed by atoms with Crippen molar-refractivity contribution in [3.63, 3.8) is 0 Å². The number of carbonyl (C=O) groups excluding carboxylic acids is 1. The largest absolute Gasteiger partial charge is 0.382 e. The summed E-state index contributed by atoms with van der Waals surface area (Å²) < 4.78 is 0.466. The van der Waals surface area contributed by atoms with Gasteiger partial charge in [0, 0.05) is 36.8 Å².